The number of hydrogen-bond acceptors (Lipinski definition) is 1. The van der Waals surface area contributed by atoms with Crippen LogP contribution in [0, 0.1) is 17.8 Å². The Labute approximate surface area is 200 Å². The summed E-state index contributed by atoms with van der Waals surface area (Å²) in [6, 6.07) is 9.41. The first-order chi connectivity index (χ1) is 15.3. The van der Waals surface area contributed by atoms with Gasteiger partial charge < -0.3 is 4.74 Å². The second-order valence-corrected chi connectivity index (χ2v) is 10.0. The molecule has 0 amide bonds. The molecule has 3 unspecified atom stereocenters. The molecule has 1 heteroatoms. The third-order valence-electron chi connectivity index (χ3n) is 6.21. The van der Waals surface area contributed by atoms with E-state index < -0.39 is 0 Å². The van der Waals surface area contributed by atoms with Crippen molar-refractivity contribution in [2.45, 2.75) is 99.8 Å². The molecule has 0 N–H and O–H groups in total. The van der Waals surface area contributed by atoms with Crippen molar-refractivity contribution in [3.63, 3.8) is 0 Å². The van der Waals surface area contributed by atoms with Crippen molar-refractivity contribution in [2.75, 3.05) is 6.61 Å². The fourth-order valence-electron chi connectivity index (χ4n) is 3.97. The van der Waals surface area contributed by atoms with Crippen LogP contribution in [0.3, 0.4) is 0 Å². The van der Waals surface area contributed by atoms with Crippen molar-refractivity contribution < 1.29 is 4.74 Å². The topological polar surface area (TPSA) is 9.23 Å². The van der Waals surface area contributed by atoms with Crippen molar-refractivity contribution >= 4 is 0 Å². The lowest BCUT2D eigenvalue weighted by Gasteiger charge is -2.23. The Hall–Kier alpha value is -1.76. The van der Waals surface area contributed by atoms with E-state index in [9.17, 15) is 0 Å². The SMILES string of the molecule is CC.CC(C)=C/C=C(\C)OCC1C=CC(c2ccc(CCC(C)CCC(C)C)cc2)CC1. The summed E-state index contributed by atoms with van der Waals surface area (Å²) in [5.74, 6) is 3.74. The average molecular weight is 439 g/mol. The fraction of sp³-hybridized carbons (Fsp3) is 0.613. The molecule has 1 aromatic carbocycles. The molecule has 1 aliphatic carbocycles. The Morgan fingerprint density at radius 3 is 2.16 bits per heavy atom. The summed E-state index contributed by atoms with van der Waals surface area (Å²) in [6.45, 7) is 18.1. The lowest BCUT2D eigenvalue weighted by molar-refractivity contribution is 0.176. The summed E-state index contributed by atoms with van der Waals surface area (Å²) in [6.07, 6.45) is 16.6. The lowest BCUT2D eigenvalue weighted by Crippen LogP contribution is -2.13. The van der Waals surface area contributed by atoms with Gasteiger partial charge in [0, 0.05) is 11.8 Å². The second kappa shape index (κ2) is 15.9. The highest BCUT2D eigenvalue weighted by atomic mass is 16.5. The quantitative estimate of drug-likeness (QED) is 0.190. The molecule has 32 heavy (non-hydrogen) atoms. The number of allylic oxidation sites excluding steroid dienone is 5. The molecule has 1 aliphatic rings. The van der Waals surface area contributed by atoms with Crippen LogP contribution < -0.4 is 0 Å². The predicted molar refractivity (Wildman–Crippen MR) is 143 cm³/mol. The molecule has 1 aromatic rings. The van der Waals surface area contributed by atoms with Crippen molar-refractivity contribution in [3.05, 3.63) is 71.0 Å². The van der Waals surface area contributed by atoms with Crippen LogP contribution in [-0.2, 0) is 11.2 Å². The van der Waals surface area contributed by atoms with Crippen LogP contribution in [-0.4, -0.2) is 6.61 Å². The number of hydrogen-bond donors (Lipinski definition) is 0. The van der Waals surface area contributed by atoms with E-state index >= 15 is 0 Å². The van der Waals surface area contributed by atoms with Crippen LogP contribution in [0.25, 0.3) is 0 Å². The van der Waals surface area contributed by atoms with E-state index in [0.717, 1.165) is 24.2 Å². The molecule has 0 saturated heterocycles. The third-order valence-corrected chi connectivity index (χ3v) is 6.21. The molecule has 0 aromatic heterocycles. The number of rotatable bonds is 11. The number of ether oxygens (including phenoxy) is 1. The summed E-state index contributed by atoms with van der Waals surface area (Å²) in [5.41, 5.74) is 4.24. The molecular formula is C31H50O. The molecule has 0 radical (unpaired) electrons. The standard InChI is InChI=1S/C29H44O.C2H6/c1-22(2)7-9-24(5)10-12-26-13-17-28(18-14-26)29-19-15-27(16-20-29)21-30-25(6)11-8-23(3)4;1-2/h8,11,13-15,17-19,22,24,27,29H,7,9-10,12,16,20-21H2,1-6H3;1-2H3/b25-11+;. The third kappa shape index (κ3) is 11.7. The molecule has 0 spiro atoms. The highest BCUT2D eigenvalue weighted by Crippen LogP contribution is 2.31. The first-order valence-electron chi connectivity index (χ1n) is 13.0. The zero-order valence-electron chi connectivity index (χ0n) is 22.3. The van der Waals surface area contributed by atoms with E-state index in [4.69, 9.17) is 4.74 Å². The molecule has 0 saturated carbocycles. The molecule has 0 fully saturated rings. The number of aryl methyl sites for hydroxylation is 1. The van der Waals surface area contributed by atoms with Gasteiger partial charge in [0.1, 0.15) is 0 Å². The first kappa shape index (κ1) is 28.3. The zero-order valence-corrected chi connectivity index (χ0v) is 22.3. The van der Waals surface area contributed by atoms with Gasteiger partial charge in [-0.05, 0) is 75.5 Å². The Morgan fingerprint density at radius 2 is 1.59 bits per heavy atom. The Kier molecular flexibility index (Phi) is 14.1. The van der Waals surface area contributed by atoms with E-state index in [0.29, 0.717) is 11.8 Å². The minimum Gasteiger partial charge on any atom is -0.498 e. The largest absolute Gasteiger partial charge is 0.498 e. The van der Waals surface area contributed by atoms with E-state index in [-0.39, 0.29) is 0 Å². The van der Waals surface area contributed by atoms with Gasteiger partial charge in [0.25, 0.3) is 0 Å². The second-order valence-electron chi connectivity index (χ2n) is 10.0. The van der Waals surface area contributed by atoms with Crippen molar-refractivity contribution in [2.24, 2.45) is 17.8 Å². The molecular weight excluding hydrogens is 388 g/mol. The van der Waals surface area contributed by atoms with Crippen molar-refractivity contribution in [3.8, 4) is 0 Å². The van der Waals surface area contributed by atoms with Crippen LogP contribution in [0.4, 0.5) is 0 Å². The van der Waals surface area contributed by atoms with Crippen LogP contribution in [0.1, 0.15) is 105 Å². The maximum atomic E-state index is 5.93. The molecule has 0 heterocycles. The smallest absolute Gasteiger partial charge is 0.0939 e. The van der Waals surface area contributed by atoms with Crippen LogP contribution >= 0.6 is 0 Å². The van der Waals surface area contributed by atoms with Gasteiger partial charge in [0.15, 0.2) is 0 Å². The Bertz CT molecular complexity index is 700. The van der Waals surface area contributed by atoms with Crippen LogP contribution in [0.2, 0.25) is 0 Å². The lowest BCUT2D eigenvalue weighted by atomic mass is 9.84. The van der Waals surface area contributed by atoms with Gasteiger partial charge in [-0.1, -0.05) is 95.5 Å². The maximum absolute atomic E-state index is 5.93. The molecule has 0 aliphatic heterocycles. The van der Waals surface area contributed by atoms with E-state index in [1.807, 2.05) is 20.8 Å². The van der Waals surface area contributed by atoms with E-state index in [1.54, 1.807) is 0 Å². The normalized spacial score (nSPS) is 19.2. The van der Waals surface area contributed by atoms with Crippen molar-refractivity contribution in [1.29, 1.82) is 0 Å². The van der Waals surface area contributed by atoms with Gasteiger partial charge in [0.05, 0.1) is 12.4 Å². The van der Waals surface area contributed by atoms with Gasteiger partial charge in [-0.2, -0.15) is 0 Å². The first-order valence-corrected chi connectivity index (χ1v) is 13.0. The van der Waals surface area contributed by atoms with E-state index in [2.05, 4.69) is 83.2 Å². The van der Waals surface area contributed by atoms with Crippen LogP contribution in [0.5, 0.6) is 0 Å². The highest BCUT2D eigenvalue weighted by molar-refractivity contribution is 5.29. The molecule has 180 valence electrons. The zero-order chi connectivity index (χ0) is 23.9. The predicted octanol–water partition coefficient (Wildman–Crippen LogP) is 9.65. The van der Waals surface area contributed by atoms with Crippen molar-refractivity contribution in [1.82, 2.24) is 0 Å². The highest BCUT2D eigenvalue weighted by Gasteiger charge is 2.17. The van der Waals surface area contributed by atoms with Gasteiger partial charge in [-0.3, -0.25) is 0 Å². The minimum absolute atomic E-state index is 0.530. The summed E-state index contributed by atoms with van der Waals surface area (Å²) < 4.78 is 5.93. The summed E-state index contributed by atoms with van der Waals surface area (Å²) in [4.78, 5) is 0. The summed E-state index contributed by atoms with van der Waals surface area (Å²) >= 11 is 0. The average Bonchev–Trinajstić information content (AvgIpc) is 2.80. The summed E-state index contributed by atoms with van der Waals surface area (Å²) in [5, 5.41) is 0. The van der Waals surface area contributed by atoms with Gasteiger partial charge in [-0.15, -0.1) is 0 Å². The van der Waals surface area contributed by atoms with Gasteiger partial charge in [0.2, 0.25) is 0 Å². The minimum atomic E-state index is 0.530. The van der Waals surface area contributed by atoms with Gasteiger partial charge in [-0.25, -0.2) is 0 Å². The molecule has 3 atom stereocenters. The molecule has 0 bridgehead atoms. The van der Waals surface area contributed by atoms with Crippen LogP contribution in [0.15, 0.2) is 59.9 Å². The Balaban J connectivity index is 0.00000249. The monoisotopic (exact) mass is 438 g/mol. The maximum Gasteiger partial charge on any atom is 0.0939 e. The molecule has 2 rings (SSSR count). The summed E-state index contributed by atoms with van der Waals surface area (Å²) in [7, 11) is 0. The number of benzene rings is 1. The van der Waals surface area contributed by atoms with Gasteiger partial charge >= 0.3 is 0 Å². The Morgan fingerprint density at radius 1 is 0.906 bits per heavy atom. The molecule has 1 nitrogen and oxygen atoms in total. The van der Waals surface area contributed by atoms with E-state index in [1.165, 1.54) is 55.2 Å². The fourth-order valence-corrected chi connectivity index (χ4v) is 3.97.